The molecule has 0 saturated heterocycles. The molecule has 0 atom stereocenters. The fourth-order valence-electron chi connectivity index (χ4n) is 2.43. The van der Waals surface area contributed by atoms with E-state index >= 15 is 0 Å². The second-order valence-electron chi connectivity index (χ2n) is 5.93. The predicted molar refractivity (Wildman–Crippen MR) is 113 cm³/mol. The van der Waals surface area contributed by atoms with Crippen LogP contribution in [0.15, 0.2) is 72.9 Å². The summed E-state index contributed by atoms with van der Waals surface area (Å²) in [6, 6.07) is 17.3. The largest absolute Gasteiger partial charge is 0.457 e. The van der Waals surface area contributed by atoms with Gasteiger partial charge >= 0.3 is 0 Å². The highest BCUT2D eigenvalue weighted by Crippen LogP contribution is 2.23. The van der Waals surface area contributed by atoms with Gasteiger partial charge in [-0.15, -0.1) is 0 Å². The van der Waals surface area contributed by atoms with E-state index in [1.807, 2.05) is 18.2 Å². The molecule has 3 aromatic rings. The lowest BCUT2D eigenvalue weighted by molar-refractivity contribution is -0.111. The van der Waals surface area contributed by atoms with Crippen LogP contribution in [0.3, 0.4) is 0 Å². The molecule has 0 spiro atoms. The van der Waals surface area contributed by atoms with Crippen molar-refractivity contribution in [3.05, 3.63) is 89.2 Å². The van der Waals surface area contributed by atoms with E-state index in [0.717, 1.165) is 5.56 Å². The summed E-state index contributed by atoms with van der Waals surface area (Å²) in [5, 5.41) is 5.86. The molecule has 2 aromatic carbocycles. The van der Waals surface area contributed by atoms with E-state index in [1.54, 1.807) is 48.5 Å². The number of ether oxygens (including phenoxy) is 1. The molecule has 1 aromatic heterocycles. The van der Waals surface area contributed by atoms with Gasteiger partial charge in [-0.05, 0) is 48.0 Å². The Morgan fingerprint density at radius 3 is 2.52 bits per heavy atom. The van der Waals surface area contributed by atoms with Gasteiger partial charge in [-0.3, -0.25) is 14.6 Å². The number of hydrogen-bond acceptors (Lipinski definition) is 4. The highest BCUT2D eigenvalue weighted by molar-refractivity contribution is 6.32. The number of halogens is 1. The first kappa shape index (κ1) is 20.1. The first-order chi connectivity index (χ1) is 14.0. The normalized spacial score (nSPS) is 10.6. The van der Waals surface area contributed by atoms with Gasteiger partial charge in [-0.25, -0.2) is 0 Å². The molecule has 3 rings (SSSR count). The molecule has 0 aliphatic rings. The Bertz CT molecular complexity index is 1050. The Hall–Kier alpha value is -3.64. The monoisotopic (exact) mass is 407 g/mol. The Kier molecular flexibility index (Phi) is 6.60. The third-order valence-electron chi connectivity index (χ3n) is 3.87. The lowest BCUT2D eigenvalue weighted by Gasteiger charge is -2.08. The number of amides is 2. The van der Waals surface area contributed by atoms with Crippen LogP contribution in [0, 0.1) is 0 Å². The van der Waals surface area contributed by atoms with Crippen molar-refractivity contribution in [2.24, 2.45) is 0 Å². The smallest absolute Gasteiger partial charge is 0.269 e. The number of pyridine rings is 1. The van der Waals surface area contributed by atoms with Crippen molar-refractivity contribution < 1.29 is 14.3 Å². The first-order valence-corrected chi connectivity index (χ1v) is 9.12. The summed E-state index contributed by atoms with van der Waals surface area (Å²) in [6.07, 6.45) is 4.57. The lowest BCUT2D eigenvalue weighted by atomic mass is 10.2. The molecule has 0 fully saturated rings. The minimum absolute atomic E-state index is 0.263. The summed E-state index contributed by atoms with van der Waals surface area (Å²) in [5.74, 6) is 0.475. The Morgan fingerprint density at radius 2 is 1.79 bits per heavy atom. The topological polar surface area (TPSA) is 80.3 Å². The number of hydrogen-bond donors (Lipinski definition) is 2. The standard InChI is InChI=1S/C22H18ClN3O3/c1-24-22(28)20-14-18(12-13-25-20)29-17-9-7-16(8-10-17)26-21(27)11-6-15-4-2-3-5-19(15)23/h2-14H,1H3,(H,24,28)(H,26,27). The molecule has 0 radical (unpaired) electrons. The zero-order chi connectivity index (χ0) is 20.6. The maximum Gasteiger partial charge on any atom is 0.269 e. The Labute approximate surface area is 173 Å². The molecule has 2 amide bonds. The van der Waals surface area contributed by atoms with Gasteiger partial charge in [0.25, 0.3) is 5.91 Å². The summed E-state index contributed by atoms with van der Waals surface area (Å²) in [5.41, 5.74) is 1.65. The van der Waals surface area contributed by atoms with Gasteiger partial charge in [-0.1, -0.05) is 29.8 Å². The van der Waals surface area contributed by atoms with Crippen LogP contribution >= 0.6 is 11.6 Å². The molecule has 29 heavy (non-hydrogen) atoms. The predicted octanol–water partition coefficient (Wildman–Crippen LogP) is 4.54. The minimum atomic E-state index is -0.293. The molecule has 0 bridgehead atoms. The van der Waals surface area contributed by atoms with Crippen molar-refractivity contribution in [3.63, 3.8) is 0 Å². The number of carbonyl (C=O) groups is 2. The van der Waals surface area contributed by atoms with Crippen molar-refractivity contribution in [3.8, 4) is 11.5 Å². The SMILES string of the molecule is CNC(=O)c1cc(Oc2ccc(NC(=O)C=Cc3ccccc3Cl)cc2)ccn1. The number of anilines is 1. The van der Waals surface area contributed by atoms with Crippen LogP contribution in [0.2, 0.25) is 5.02 Å². The van der Waals surface area contributed by atoms with Crippen molar-refractivity contribution >= 4 is 35.2 Å². The Balaban J connectivity index is 1.61. The average Bonchev–Trinajstić information content (AvgIpc) is 2.74. The molecule has 0 aliphatic heterocycles. The molecule has 2 N–H and O–H groups in total. The summed E-state index contributed by atoms with van der Waals surface area (Å²) >= 11 is 6.06. The fourth-order valence-corrected chi connectivity index (χ4v) is 2.63. The maximum absolute atomic E-state index is 12.1. The Morgan fingerprint density at radius 1 is 1.03 bits per heavy atom. The van der Waals surface area contributed by atoms with Gasteiger partial charge in [0.15, 0.2) is 0 Å². The van der Waals surface area contributed by atoms with Crippen LogP contribution in [0.4, 0.5) is 5.69 Å². The van der Waals surface area contributed by atoms with Crippen molar-refractivity contribution in [2.45, 2.75) is 0 Å². The van der Waals surface area contributed by atoms with E-state index in [1.165, 1.54) is 19.3 Å². The molecule has 0 unspecified atom stereocenters. The van der Waals surface area contributed by atoms with Crippen LogP contribution in [-0.2, 0) is 4.79 Å². The maximum atomic E-state index is 12.1. The third kappa shape index (κ3) is 5.67. The second kappa shape index (κ2) is 9.52. The summed E-state index contributed by atoms with van der Waals surface area (Å²) in [4.78, 5) is 27.7. The zero-order valence-corrected chi connectivity index (χ0v) is 16.3. The van der Waals surface area contributed by atoms with E-state index in [9.17, 15) is 9.59 Å². The molecule has 0 saturated carbocycles. The quantitative estimate of drug-likeness (QED) is 0.588. The van der Waals surface area contributed by atoms with E-state index in [0.29, 0.717) is 22.2 Å². The van der Waals surface area contributed by atoms with Gasteiger partial charge in [0.05, 0.1) is 0 Å². The number of rotatable bonds is 6. The van der Waals surface area contributed by atoms with Gasteiger partial charge < -0.3 is 15.4 Å². The van der Waals surface area contributed by atoms with Crippen molar-refractivity contribution in [1.82, 2.24) is 10.3 Å². The summed E-state index contributed by atoms with van der Waals surface area (Å²) in [7, 11) is 1.54. The molecule has 1 heterocycles. The number of aromatic nitrogens is 1. The van der Waals surface area contributed by atoms with E-state index in [-0.39, 0.29) is 17.5 Å². The minimum Gasteiger partial charge on any atom is -0.457 e. The van der Waals surface area contributed by atoms with Crippen LogP contribution in [0.25, 0.3) is 6.08 Å². The molecular weight excluding hydrogens is 390 g/mol. The van der Waals surface area contributed by atoms with Crippen molar-refractivity contribution in [2.75, 3.05) is 12.4 Å². The van der Waals surface area contributed by atoms with Gasteiger partial charge in [0.1, 0.15) is 17.2 Å². The van der Waals surface area contributed by atoms with Crippen molar-refractivity contribution in [1.29, 1.82) is 0 Å². The lowest BCUT2D eigenvalue weighted by Crippen LogP contribution is -2.18. The summed E-state index contributed by atoms with van der Waals surface area (Å²) in [6.45, 7) is 0. The van der Waals surface area contributed by atoms with E-state index < -0.39 is 0 Å². The second-order valence-corrected chi connectivity index (χ2v) is 6.33. The average molecular weight is 408 g/mol. The van der Waals surface area contributed by atoms with E-state index in [2.05, 4.69) is 15.6 Å². The zero-order valence-electron chi connectivity index (χ0n) is 15.6. The number of nitrogens with one attached hydrogen (secondary N) is 2. The molecular formula is C22H18ClN3O3. The van der Waals surface area contributed by atoms with Gasteiger partial charge in [0.2, 0.25) is 5.91 Å². The summed E-state index contributed by atoms with van der Waals surface area (Å²) < 4.78 is 5.73. The van der Waals surface area contributed by atoms with Crippen LogP contribution in [-0.4, -0.2) is 23.8 Å². The molecule has 7 heteroatoms. The van der Waals surface area contributed by atoms with E-state index in [4.69, 9.17) is 16.3 Å². The van der Waals surface area contributed by atoms with Crippen LogP contribution in [0.5, 0.6) is 11.5 Å². The van der Waals surface area contributed by atoms with Crippen LogP contribution in [0.1, 0.15) is 16.1 Å². The molecule has 6 nitrogen and oxygen atoms in total. The number of carbonyl (C=O) groups excluding carboxylic acids is 2. The van der Waals surface area contributed by atoms with Gasteiger partial charge in [-0.2, -0.15) is 0 Å². The third-order valence-corrected chi connectivity index (χ3v) is 4.21. The fraction of sp³-hybridized carbons (Fsp3) is 0.0455. The van der Waals surface area contributed by atoms with Gasteiger partial charge in [0, 0.05) is 36.1 Å². The highest BCUT2D eigenvalue weighted by Gasteiger charge is 2.07. The number of nitrogens with zero attached hydrogens (tertiary/aromatic N) is 1. The first-order valence-electron chi connectivity index (χ1n) is 8.75. The van der Waals surface area contributed by atoms with Crippen LogP contribution < -0.4 is 15.4 Å². The molecule has 146 valence electrons. The number of benzene rings is 2. The highest BCUT2D eigenvalue weighted by atomic mass is 35.5. The molecule has 0 aliphatic carbocycles.